The van der Waals surface area contributed by atoms with Gasteiger partial charge in [-0.3, -0.25) is 9.59 Å². The molecule has 0 saturated heterocycles. The minimum absolute atomic E-state index is 0.282. The van der Waals surface area contributed by atoms with Crippen molar-refractivity contribution < 1.29 is 14.7 Å². The van der Waals surface area contributed by atoms with E-state index < -0.39 is 12.0 Å². The third-order valence-corrected chi connectivity index (χ3v) is 3.24. The number of hydrogen-bond acceptors (Lipinski definition) is 3. The lowest BCUT2D eigenvalue weighted by Crippen LogP contribution is -2.42. The maximum absolute atomic E-state index is 12.3. The van der Waals surface area contributed by atoms with Crippen LogP contribution in [0.4, 0.5) is 0 Å². The predicted octanol–water partition coefficient (Wildman–Crippen LogP) is 1.01. The Morgan fingerprint density at radius 1 is 1.32 bits per heavy atom. The largest absolute Gasteiger partial charge is 0.480 e. The Balaban J connectivity index is 2.06. The van der Waals surface area contributed by atoms with Crippen LogP contribution in [0.5, 0.6) is 0 Å². The number of nitrogens with two attached hydrogens (primary N) is 1. The van der Waals surface area contributed by atoms with Gasteiger partial charge in [0.25, 0.3) is 0 Å². The molecule has 1 amide bonds. The summed E-state index contributed by atoms with van der Waals surface area (Å²) in [7, 11) is 0. The molecule has 1 saturated carbocycles. The van der Waals surface area contributed by atoms with E-state index in [-0.39, 0.29) is 12.5 Å². The SMILES string of the molecule is NC(C(=O)N(CC(=O)O)CC1CC1)c1ccccc1. The predicted molar refractivity (Wildman–Crippen MR) is 70.3 cm³/mol. The van der Waals surface area contributed by atoms with E-state index in [0.717, 1.165) is 12.8 Å². The fourth-order valence-electron chi connectivity index (χ4n) is 2.01. The molecule has 0 aromatic heterocycles. The van der Waals surface area contributed by atoms with Crippen LogP contribution in [-0.2, 0) is 9.59 Å². The number of carboxylic acid groups (broad SMARTS) is 1. The van der Waals surface area contributed by atoms with E-state index in [1.807, 2.05) is 18.2 Å². The van der Waals surface area contributed by atoms with Crippen LogP contribution in [0.15, 0.2) is 30.3 Å². The van der Waals surface area contributed by atoms with Crippen molar-refractivity contribution in [2.45, 2.75) is 18.9 Å². The zero-order valence-corrected chi connectivity index (χ0v) is 10.7. The van der Waals surface area contributed by atoms with Crippen LogP contribution in [0.1, 0.15) is 24.4 Å². The summed E-state index contributed by atoms with van der Waals surface area (Å²) in [5, 5.41) is 8.88. The molecular formula is C14H18N2O3. The molecule has 1 aliphatic carbocycles. The zero-order chi connectivity index (χ0) is 13.8. The van der Waals surface area contributed by atoms with E-state index in [0.29, 0.717) is 18.0 Å². The molecule has 1 unspecified atom stereocenters. The number of rotatable bonds is 6. The van der Waals surface area contributed by atoms with E-state index in [9.17, 15) is 9.59 Å². The van der Waals surface area contributed by atoms with E-state index in [1.54, 1.807) is 12.1 Å². The van der Waals surface area contributed by atoms with Crippen LogP contribution < -0.4 is 5.73 Å². The first-order valence-electron chi connectivity index (χ1n) is 6.39. The summed E-state index contributed by atoms with van der Waals surface area (Å²) >= 11 is 0. The van der Waals surface area contributed by atoms with Gasteiger partial charge in [0.05, 0.1) is 0 Å². The van der Waals surface area contributed by atoms with Gasteiger partial charge in [0.1, 0.15) is 12.6 Å². The Hall–Kier alpha value is -1.88. The molecule has 0 heterocycles. The number of hydrogen-bond donors (Lipinski definition) is 2. The molecule has 0 radical (unpaired) electrons. The van der Waals surface area contributed by atoms with Gasteiger partial charge in [0.15, 0.2) is 0 Å². The summed E-state index contributed by atoms with van der Waals surface area (Å²) < 4.78 is 0. The number of amides is 1. The first-order chi connectivity index (χ1) is 9.08. The molecule has 5 nitrogen and oxygen atoms in total. The average Bonchev–Trinajstić information content (AvgIpc) is 3.21. The molecular weight excluding hydrogens is 244 g/mol. The third-order valence-electron chi connectivity index (χ3n) is 3.24. The summed E-state index contributed by atoms with van der Waals surface area (Å²) in [6.45, 7) is 0.210. The molecule has 5 heteroatoms. The van der Waals surface area contributed by atoms with E-state index in [4.69, 9.17) is 10.8 Å². The second-order valence-corrected chi connectivity index (χ2v) is 4.94. The maximum atomic E-state index is 12.3. The number of nitrogens with zero attached hydrogens (tertiary/aromatic N) is 1. The second kappa shape index (κ2) is 5.84. The highest BCUT2D eigenvalue weighted by molar-refractivity contribution is 5.86. The van der Waals surface area contributed by atoms with Crippen molar-refractivity contribution in [3.63, 3.8) is 0 Å². The minimum Gasteiger partial charge on any atom is -0.480 e. The van der Waals surface area contributed by atoms with Gasteiger partial charge in [-0.2, -0.15) is 0 Å². The monoisotopic (exact) mass is 262 g/mol. The van der Waals surface area contributed by atoms with Crippen molar-refractivity contribution >= 4 is 11.9 Å². The molecule has 1 atom stereocenters. The van der Waals surface area contributed by atoms with Gasteiger partial charge >= 0.3 is 5.97 Å². The van der Waals surface area contributed by atoms with Gasteiger partial charge in [-0.15, -0.1) is 0 Å². The summed E-state index contributed by atoms with van der Waals surface area (Å²) in [5.74, 6) is -0.888. The molecule has 2 rings (SSSR count). The van der Waals surface area contributed by atoms with Gasteiger partial charge in [-0.05, 0) is 24.3 Å². The summed E-state index contributed by atoms with van der Waals surface area (Å²) in [4.78, 5) is 24.5. The minimum atomic E-state index is -1.01. The lowest BCUT2D eigenvalue weighted by atomic mass is 10.1. The molecule has 102 valence electrons. The van der Waals surface area contributed by atoms with Crippen molar-refractivity contribution in [3.05, 3.63) is 35.9 Å². The van der Waals surface area contributed by atoms with Crippen LogP contribution in [0, 0.1) is 5.92 Å². The molecule has 3 N–H and O–H groups in total. The quantitative estimate of drug-likeness (QED) is 0.801. The van der Waals surface area contributed by atoms with E-state index in [2.05, 4.69) is 0 Å². The molecule has 1 aromatic carbocycles. The number of benzene rings is 1. The first kappa shape index (κ1) is 13.5. The molecule has 1 fully saturated rings. The van der Waals surface area contributed by atoms with Crippen molar-refractivity contribution in [1.82, 2.24) is 4.90 Å². The van der Waals surface area contributed by atoms with E-state index >= 15 is 0 Å². The molecule has 0 spiro atoms. The molecule has 1 aliphatic rings. The smallest absolute Gasteiger partial charge is 0.323 e. The summed E-state index contributed by atoms with van der Waals surface area (Å²) in [6, 6.07) is 8.23. The Morgan fingerprint density at radius 2 is 1.95 bits per heavy atom. The van der Waals surface area contributed by atoms with Crippen molar-refractivity contribution in [2.24, 2.45) is 11.7 Å². The Labute approximate surface area is 112 Å². The number of aliphatic carboxylic acids is 1. The number of carbonyl (C=O) groups excluding carboxylic acids is 1. The number of carbonyl (C=O) groups is 2. The molecule has 19 heavy (non-hydrogen) atoms. The standard InChI is InChI=1S/C14H18N2O3/c15-13(11-4-2-1-3-5-11)14(19)16(9-12(17)18)8-10-6-7-10/h1-5,10,13H,6-9,15H2,(H,17,18). The zero-order valence-electron chi connectivity index (χ0n) is 10.7. The van der Waals surface area contributed by atoms with Crippen molar-refractivity contribution in [1.29, 1.82) is 0 Å². The maximum Gasteiger partial charge on any atom is 0.323 e. The van der Waals surface area contributed by atoms with Crippen LogP contribution >= 0.6 is 0 Å². The molecule has 0 bridgehead atoms. The normalized spacial score (nSPS) is 15.8. The summed E-state index contributed by atoms with van der Waals surface area (Å²) in [5.41, 5.74) is 6.63. The molecule has 0 aliphatic heterocycles. The highest BCUT2D eigenvalue weighted by Gasteiger charge is 2.30. The Bertz CT molecular complexity index is 457. The topological polar surface area (TPSA) is 83.6 Å². The van der Waals surface area contributed by atoms with Crippen LogP contribution in [0.3, 0.4) is 0 Å². The van der Waals surface area contributed by atoms with Crippen LogP contribution in [-0.4, -0.2) is 35.0 Å². The van der Waals surface area contributed by atoms with Gasteiger partial charge in [0, 0.05) is 6.54 Å². The van der Waals surface area contributed by atoms with E-state index in [1.165, 1.54) is 4.90 Å². The summed E-state index contributed by atoms with van der Waals surface area (Å²) in [6.07, 6.45) is 2.12. The second-order valence-electron chi connectivity index (χ2n) is 4.94. The van der Waals surface area contributed by atoms with Crippen molar-refractivity contribution in [3.8, 4) is 0 Å². The van der Waals surface area contributed by atoms with Gasteiger partial charge < -0.3 is 15.7 Å². The number of carboxylic acids is 1. The third kappa shape index (κ3) is 3.79. The van der Waals surface area contributed by atoms with Gasteiger partial charge in [0.2, 0.25) is 5.91 Å². The lowest BCUT2D eigenvalue weighted by molar-refractivity contribution is -0.145. The molecule has 1 aromatic rings. The first-order valence-corrected chi connectivity index (χ1v) is 6.39. The van der Waals surface area contributed by atoms with Gasteiger partial charge in [-0.1, -0.05) is 30.3 Å². The van der Waals surface area contributed by atoms with Gasteiger partial charge in [-0.25, -0.2) is 0 Å². The Morgan fingerprint density at radius 3 is 2.47 bits per heavy atom. The Kier molecular flexibility index (Phi) is 4.16. The fraction of sp³-hybridized carbons (Fsp3) is 0.429. The highest BCUT2D eigenvalue weighted by atomic mass is 16.4. The highest BCUT2D eigenvalue weighted by Crippen LogP contribution is 2.30. The lowest BCUT2D eigenvalue weighted by Gasteiger charge is -2.24. The average molecular weight is 262 g/mol. The fourth-order valence-corrected chi connectivity index (χ4v) is 2.01. The van der Waals surface area contributed by atoms with Crippen LogP contribution in [0.25, 0.3) is 0 Å². The van der Waals surface area contributed by atoms with Crippen LogP contribution in [0.2, 0.25) is 0 Å². The van der Waals surface area contributed by atoms with Crippen molar-refractivity contribution in [2.75, 3.05) is 13.1 Å².